The van der Waals surface area contributed by atoms with Gasteiger partial charge in [0.1, 0.15) is 5.15 Å². The largest absolute Gasteiger partial charge is 0.309 e. The third-order valence-corrected chi connectivity index (χ3v) is 2.64. The maximum Gasteiger partial charge on any atom is 0.226 e. The van der Waals surface area contributed by atoms with Gasteiger partial charge in [-0.25, -0.2) is 9.97 Å². The SMILES string of the molecule is O=C(CC1C=CCC1)Nc1cnc(Cl)cn1. The molecule has 0 aromatic carbocycles. The lowest BCUT2D eigenvalue weighted by atomic mass is 10.1. The first kappa shape index (κ1) is 11.1. The van der Waals surface area contributed by atoms with Crippen molar-refractivity contribution in [2.45, 2.75) is 19.3 Å². The molecule has 1 amide bonds. The average molecular weight is 238 g/mol. The summed E-state index contributed by atoms with van der Waals surface area (Å²) in [5.41, 5.74) is 0. The number of halogens is 1. The second-order valence-electron chi connectivity index (χ2n) is 3.74. The van der Waals surface area contributed by atoms with Crippen molar-refractivity contribution in [1.29, 1.82) is 0 Å². The van der Waals surface area contributed by atoms with E-state index in [0.29, 0.717) is 23.3 Å². The molecule has 0 fully saturated rings. The zero-order valence-electron chi connectivity index (χ0n) is 8.69. The Morgan fingerprint density at radius 2 is 2.38 bits per heavy atom. The molecule has 16 heavy (non-hydrogen) atoms. The molecule has 1 unspecified atom stereocenters. The van der Waals surface area contributed by atoms with Crippen LogP contribution in [0.2, 0.25) is 5.15 Å². The minimum Gasteiger partial charge on any atom is -0.309 e. The van der Waals surface area contributed by atoms with Crippen LogP contribution in [-0.4, -0.2) is 15.9 Å². The lowest BCUT2D eigenvalue weighted by molar-refractivity contribution is -0.116. The molecule has 0 saturated carbocycles. The van der Waals surface area contributed by atoms with Crippen LogP contribution in [0.3, 0.4) is 0 Å². The van der Waals surface area contributed by atoms with Gasteiger partial charge in [0, 0.05) is 6.42 Å². The predicted octanol–water partition coefficient (Wildman–Crippen LogP) is 2.42. The average Bonchev–Trinajstić information content (AvgIpc) is 2.74. The highest BCUT2D eigenvalue weighted by Gasteiger charge is 2.14. The van der Waals surface area contributed by atoms with Crippen molar-refractivity contribution in [2.24, 2.45) is 5.92 Å². The molecule has 1 aliphatic carbocycles. The normalized spacial score (nSPS) is 18.7. The molecular weight excluding hydrogens is 226 g/mol. The number of amides is 1. The second-order valence-corrected chi connectivity index (χ2v) is 4.13. The van der Waals surface area contributed by atoms with Gasteiger partial charge >= 0.3 is 0 Å². The second kappa shape index (κ2) is 5.07. The molecular formula is C11H12ClN3O. The third-order valence-electron chi connectivity index (χ3n) is 2.45. The molecule has 1 N–H and O–H groups in total. The number of nitrogens with zero attached hydrogens (tertiary/aromatic N) is 2. The van der Waals surface area contributed by atoms with Crippen LogP contribution in [0.5, 0.6) is 0 Å². The van der Waals surface area contributed by atoms with Crippen molar-refractivity contribution >= 4 is 23.3 Å². The van der Waals surface area contributed by atoms with E-state index >= 15 is 0 Å². The highest BCUT2D eigenvalue weighted by molar-refractivity contribution is 6.29. The summed E-state index contributed by atoms with van der Waals surface area (Å²) in [5.74, 6) is 0.768. The van der Waals surface area contributed by atoms with Crippen molar-refractivity contribution in [3.05, 3.63) is 29.7 Å². The van der Waals surface area contributed by atoms with Crippen molar-refractivity contribution in [3.63, 3.8) is 0 Å². The lowest BCUT2D eigenvalue weighted by Crippen LogP contribution is -2.15. The lowest BCUT2D eigenvalue weighted by Gasteiger charge is -2.07. The Morgan fingerprint density at radius 1 is 1.50 bits per heavy atom. The highest BCUT2D eigenvalue weighted by Crippen LogP contribution is 2.20. The maximum atomic E-state index is 11.6. The number of carbonyl (C=O) groups excluding carboxylic acids is 1. The zero-order valence-corrected chi connectivity index (χ0v) is 9.44. The van der Waals surface area contributed by atoms with Gasteiger partial charge in [-0.3, -0.25) is 4.79 Å². The summed E-state index contributed by atoms with van der Waals surface area (Å²) in [6.45, 7) is 0. The van der Waals surface area contributed by atoms with Gasteiger partial charge in [-0.05, 0) is 18.8 Å². The molecule has 0 radical (unpaired) electrons. The zero-order chi connectivity index (χ0) is 11.4. The van der Waals surface area contributed by atoms with Gasteiger partial charge in [-0.15, -0.1) is 0 Å². The van der Waals surface area contributed by atoms with Crippen molar-refractivity contribution < 1.29 is 4.79 Å². The van der Waals surface area contributed by atoms with Gasteiger partial charge in [0.05, 0.1) is 12.4 Å². The number of rotatable bonds is 3. The summed E-state index contributed by atoms with van der Waals surface area (Å²) in [6, 6.07) is 0. The van der Waals surface area contributed by atoms with E-state index < -0.39 is 0 Å². The number of hydrogen-bond donors (Lipinski definition) is 1. The van der Waals surface area contributed by atoms with E-state index in [2.05, 4.69) is 27.4 Å². The van der Waals surface area contributed by atoms with Crippen LogP contribution >= 0.6 is 11.6 Å². The first-order chi connectivity index (χ1) is 7.74. The Balaban J connectivity index is 1.86. The fourth-order valence-electron chi connectivity index (χ4n) is 1.67. The molecule has 1 aromatic rings. The number of anilines is 1. The topological polar surface area (TPSA) is 54.9 Å². The summed E-state index contributed by atoms with van der Waals surface area (Å²) in [7, 11) is 0. The standard InChI is InChI=1S/C11H12ClN3O/c12-9-6-14-10(7-13-9)15-11(16)5-8-3-1-2-4-8/h1,3,6-8H,2,4-5H2,(H,14,15,16). The maximum absolute atomic E-state index is 11.6. The van der Waals surface area contributed by atoms with Gasteiger partial charge in [-0.1, -0.05) is 23.8 Å². The Kier molecular flexibility index (Phi) is 3.51. The quantitative estimate of drug-likeness (QED) is 0.822. The Morgan fingerprint density at radius 3 is 3.00 bits per heavy atom. The van der Waals surface area contributed by atoms with Crippen LogP contribution in [0.25, 0.3) is 0 Å². The van der Waals surface area contributed by atoms with Gasteiger partial charge in [0.25, 0.3) is 0 Å². The van der Waals surface area contributed by atoms with Crippen molar-refractivity contribution in [3.8, 4) is 0 Å². The van der Waals surface area contributed by atoms with Crippen LogP contribution in [0, 0.1) is 5.92 Å². The molecule has 0 spiro atoms. The van der Waals surface area contributed by atoms with Gasteiger partial charge in [-0.2, -0.15) is 0 Å². The minimum absolute atomic E-state index is 0.0341. The predicted molar refractivity (Wildman–Crippen MR) is 62.2 cm³/mol. The van der Waals surface area contributed by atoms with Crippen molar-refractivity contribution in [2.75, 3.05) is 5.32 Å². The fraction of sp³-hybridized carbons (Fsp3) is 0.364. The molecule has 1 heterocycles. The number of aromatic nitrogens is 2. The van der Waals surface area contributed by atoms with E-state index in [0.717, 1.165) is 12.8 Å². The number of hydrogen-bond acceptors (Lipinski definition) is 3. The molecule has 0 aliphatic heterocycles. The monoisotopic (exact) mass is 237 g/mol. The smallest absolute Gasteiger partial charge is 0.226 e. The first-order valence-corrected chi connectivity index (χ1v) is 5.56. The molecule has 2 rings (SSSR count). The van der Waals surface area contributed by atoms with Gasteiger partial charge < -0.3 is 5.32 Å². The highest BCUT2D eigenvalue weighted by atomic mass is 35.5. The summed E-state index contributed by atoms with van der Waals surface area (Å²) < 4.78 is 0. The van der Waals surface area contributed by atoms with Crippen LogP contribution in [0.1, 0.15) is 19.3 Å². The van der Waals surface area contributed by atoms with Crippen LogP contribution in [0.4, 0.5) is 5.82 Å². The number of nitrogens with one attached hydrogen (secondary N) is 1. The molecule has 4 nitrogen and oxygen atoms in total. The Bertz CT molecular complexity index is 402. The number of allylic oxidation sites excluding steroid dienone is 2. The van der Waals surface area contributed by atoms with E-state index in [9.17, 15) is 4.79 Å². The Labute approximate surface area is 98.7 Å². The van der Waals surface area contributed by atoms with Gasteiger partial charge in [0.15, 0.2) is 5.82 Å². The first-order valence-electron chi connectivity index (χ1n) is 5.18. The molecule has 0 saturated heterocycles. The van der Waals surface area contributed by atoms with E-state index in [1.165, 1.54) is 12.4 Å². The summed E-state index contributed by atoms with van der Waals surface area (Å²) in [5, 5.41) is 3.01. The molecule has 5 heteroatoms. The minimum atomic E-state index is -0.0341. The molecule has 1 aliphatic rings. The molecule has 0 bridgehead atoms. The Hall–Kier alpha value is -1.42. The molecule has 84 valence electrons. The third kappa shape index (κ3) is 3.03. The van der Waals surface area contributed by atoms with E-state index in [1.807, 2.05) is 0 Å². The van der Waals surface area contributed by atoms with E-state index in [4.69, 9.17) is 11.6 Å². The van der Waals surface area contributed by atoms with E-state index in [-0.39, 0.29) is 5.91 Å². The summed E-state index contributed by atoms with van der Waals surface area (Å²) in [4.78, 5) is 19.4. The van der Waals surface area contributed by atoms with Crippen LogP contribution < -0.4 is 5.32 Å². The number of carbonyl (C=O) groups is 1. The van der Waals surface area contributed by atoms with Gasteiger partial charge in [0.2, 0.25) is 5.91 Å². The van der Waals surface area contributed by atoms with E-state index in [1.54, 1.807) is 0 Å². The van der Waals surface area contributed by atoms with Crippen molar-refractivity contribution in [1.82, 2.24) is 9.97 Å². The summed E-state index contributed by atoms with van der Waals surface area (Å²) in [6.07, 6.45) is 9.68. The molecule has 1 aromatic heterocycles. The van der Waals surface area contributed by atoms with Crippen LogP contribution in [-0.2, 0) is 4.79 Å². The van der Waals surface area contributed by atoms with Crippen LogP contribution in [0.15, 0.2) is 24.5 Å². The molecule has 1 atom stereocenters. The summed E-state index contributed by atoms with van der Waals surface area (Å²) >= 11 is 5.59. The fourth-order valence-corrected chi connectivity index (χ4v) is 1.77.